The Labute approximate surface area is 116 Å². The molecule has 0 spiro atoms. The van der Waals surface area contributed by atoms with E-state index in [0.29, 0.717) is 5.95 Å². The lowest BCUT2D eigenvalue weighted by molar-refractivity contribution is 0.145. The van der Waals surface area contributed by atoms with Gasteiger partial charge in [-0.05, 0) is 25.3 Å². The Morgan fingerprint density at radius 1 is 1.42 bits per heavy atom. The highest BCUT2D eigenvalue weighted by Gasteiger charge is 2.21. The molecule has 0 amide bonds. The lowest BCUT2D eigenvalue weighted by atomic mass is 10.1. The number of rotatable bonds is 2. The molecule has 0 aliphatic carbocycles. The van der Waals surface area contributed by atoms with Gasteiger partial charge in [-0.15, -0.1) is 11.3 Å². The average molecular weight is 278 g/mol. The standard InChI is InChI=1S/C13H18N4OS/c1-2-9-7-10-11(15-13(14)16-12(10)19-9)17-5-3-8(18)4-6-17/h7-8,18H,2-6H2,1H3,(H2,14,15,16). The topological polar surface area (TPSA) is 75.3 Å². The lowest BCUT2D eigenvalue weighted by Crippen LogP contribution is -2.36. The molecule has 0 radical (unpaired) electrons. The zero-order valence-corrected chi connectivity index (χ0v) is 11.8. The third-order valence-corrected chi connectivity index (χ3v) is 4.73. The highest BCUT2D eigenvalue weighted by atomic mass is 32.1. The van der Waals surface area contributed by atoms with E-state index in [1.165, 1.54) is 4.88 Å². The quantitative estimate of drug-likeness (QED) is 0.876. The Kier molecular flexibility index (Phi) is 3.28. The Balaban J connectivity index is 2.03. The minimum Gasteiger partial charge on any atom is -0.393 e. The molecule has 0 unspecified atom stereocenters. The molecule has 6 heteroatoms. The summed E-state index contributed by atoms with van der Waals surface area (Å²) in [4.78, 5) is 13.2. The Bertz CT molecular complexity index is 590. The zero-order valence-electron chi connectivity index (χ0n) is 11.0. The number of fused-ring (bicyclic) bond motifs is 1. The molecule has 0 aromatic carbocycles. The number of aromatic nitrogens is 2. The van der Waals surface area contributed by atoms with E-state index in [-0.39, 0.29) is 6.10 Å². The van der Waals surface area contributed by atoms with Gasteiger partial charge in [0.15, 0.2) is 0 Å². The number of thiophene rings is 1. The first-order valence-electron chi connectivity index (χ1n) is 6.66. The van der Waals surface area contributed by atoms with Gasteiger partial charge in [-0.1, -0.05) is 6.92 Å². The average Bonchev–Trinajstić information content (AvgIpc) is 2.81. The number of aryl methyl sites for hydroxylation is 1. The van der Waals surface area contributed by atoms with Gasteiger partial charge >= 0.3 is 0 Å². The fraction of sp³-hybridized carbons (Fsp3) is 0.538. The van der Waals surface area contributed by atoms with E-state index in [2.05, 4.69) is 27.9 Å². The predicted molar refractivity (Wildman–Crippen MR) is 78.7 cm³/mol. The maximum atomic E-state index is 9.60. The van der Waals surface area contributed by atoms with Crippen molar-refractivity contribution in [2.45, 2.75) is 32.3 Å². The number of hydrogen-bond donors (Lipinski definition) is 2. The molecular weight excluding hydrogens is 260 g/mol. The second kappa shape index (κ2) is 4.94. The van der Waals surface area contributed by atoms with Crippen LogP contribution in [0, 0.1) is 0 Å². The van der Waals surface area contributed by atoms with Gasteiger partial charge in [-0.2, -0.15) is 4.98 Å². The number of nitrogen functional groups attached to an aromatic ring is 1. The van der Waals surface area contributed by atoms with E-state index in [4.69, 9.17) is 5.73 Å². The largest absolute Gasteiger partial charge is 0.393 e. The summed E-state index contributed by atoms with van der Waals surface area (Å²) in [6.45, 7) is 3.78. The maximum Gasteiger partial charge on any atom is 0.223 e. The van der Waals surface area contributed by atoms with Crippen LogP contribution >= 0.6 is 11.3 Å². The molecule has 1 fully saturated rings. The molecule has 102 valence electrons. The first-order valence-corrected chi connectivity index (χ1v) is 7.48. The zero-order chi connectivity index (χ0) is 13.4. The van der Waals surface area contributed by atoms with Crippen LogP contribution in [0.3, 0.4) is 0 Å². The smallest absolute Gasteiger partial charge is 0.223 e. The fourth-order valence-electron chi connectivity index (χ4n) is 2.47. The van der Waals surface area contributed by atoms with Gasteiger partial charge in [-0.25, -0.2) is 4.98 Å². The molecule has 1 aliphatic rings. The summed E-state index contributed by atoms with van der Waals surface area (Å²) in [7, 11) is 0. The SMILES string of the molecule is CCc1cc2c(N3CCC(O)CC3)nc(N)nc2s1. The van der Waals surface area contributed by atoms with Crippen LogP contribution < -0.4 is 10.6 Å². The second-order valence-corrected chi connectivity index (χ2v) is 6.02. The van der Waals surface area contributed by atoms with Crippen LogP contribution in [0.4, 0.5) is 11.8 Å². The molecule has 0 bridgehead atoms. The Morgan fingerprint density at radius 3 is 2.84 bits per heavy atom. The summed E-state index contributed by atoms with van der Waals surface area (Å²) in [5.74, 6) is 1.25. The second-order valence-electron chi connectivity index (χ2n) is 4.91. The van der Waals surface area contributed by atoms with E-state index < -0.39 is 0 Å². The van der Waals surface area contributed by atoms with Crippen molar-refractivity contribution in [3.8, 4) is 0 Å². The summed E-state index contributed by atoms with van der Waals surface area (Å²) in [5, 5.41) is 10.7. The molecule has 0 atom stereocenters. The van der Waals surface area contributed by atoms with E-state index >= 15 is 0 Å². The van der Waals surface area contributed by atoms with Crippen LogP contribution in [0.1, 0.15) is 24.6 Å². The summed E-state index contributed by atoms with van der Waals surface area (Å²) in [6.07, 6.45) is 2.39. The van der Waals surface area contributed by atoms with Crippen LogP contribution in [0.15, 0.2) is 6.07 Å². The minimum absolute atomic E-state index is 0.181. The fourth-order valence-corrected chi connectivity index (χ4v) is 3.43. The highest BCUT2D eigenvalue weighted by Crippen LogP contribution is 2.33. The van der Waals surface area contributed by atoms with Crippen molar-refractivity contribution in [2.24, 2.45) is 0 Å². The monoisotopic (exact) mass is 278 g/mol. The van der Waals surface area contributed by atoms with Crippen molar-refractivity contribution in [1.82, 2.24) is 9.97 Å². The molecule has 3 N–H and O–H groups in total. The van der Waals surface area contributed by atoms with Gasteiger partial charge in [0.05, 0.1) is 11.5 Å². The van der Waals surface area contributed by atoms with Crippen molar-refractivity contribution in [1.29, 1.82) is 0 Å². The number of aliphatic hydroxyl groups excluding tert-OH is 1. The third kappa shape index (κ3) is 2.37. The first-order chi connectivity index (χ1) is 9.17. The van der Waals surface area contributed by atoms with Crippen molar-refractivity contribution >= 4 is 33.3 Å². The van der Waals surface area contributed by atoms with Crippen molar-refractivity contribution in [3.05, 3.63) is 10.9 Å². The number of aliphatic hydroxyl groups is 1. The van der Waals surface area contributed by atoms with E-state index in [9.17, 15) is 5.11 Å². The number of nitrogens with two attached hydrogens (primary N) is 1. The molecule has 0 saturated carbocycles. The van der Waals surface area contributed by atoms with Crippen LogP contribution in [0.25, 0.3) is 10.2 Å². The first kappa shape index (κ1) is 12.6. The van der Waals surface area contributed by atoms with Gasteiger partial charge in [0.2, 0.25) is 5.95 Å². The van der Waals surface area contributed by atoms with Crippen LogP contribution in [0.2, 0.25) is 0 Å². The lowest BCUT2D eigenvalue weighted by Gasteiger charge is -2.30. The van der Waals surface area contributed by atoms with E-state index in [1.807, 2.05) is 0 Å². The summed E-state index contributed by atoms with van der Waals surface area (Å²) in [6, 6.07) is 2.17. The maximum absolute atomic E-state index is 9.60. The predicted octanol–water partition coefficient (Wildman–Crippen LogP) is 1.80. The number of nitrogens with zero attached hydrogens (tertiary/aromatic N) is 3. The Morgan fingerprint density at radius 2 is 2.16 bits per heavy atom. The molecule has 5 nitrogen and oxygen atoms in total. The molecular formula is C13H18N4OS. The number of hydrogen-bond acceptors (Lipinski definition) is 6. The Hall–Kier alpha value is -1.40. The molecule has 2 aromatic heterocycles. The van der Waals surface area contributed by atoms with Gasteiger partial charge in [0.25, 0.3) is 0 Å². The van der Waals surface area contributed by atoms with Crippen molar-refractivity contribution in [2.75, 3.05) is 23.7 Å². The molecule has 19 heavy (non-hydrogen) atoms. The summed E-state index contributed by atoms with van der Waals surface area (Å²) in [5.41, 5.74) is 5.82. The third-order valence-electron chi connectivity index (χ3n) is 3.55. The van der Waals surface area contributed by atoms with E-state index in [0.717, 1.165) is 48.4 Å². The molecule has 2 aromatic rings. The van der Waals surface area contributed by atoms with Crippen molar-refractivity contribution in [3.63, 3.8) is 0 Å². The summed E-state index contributed by atoms with van der Waals surface area (Å²) < 4.78 is 0. The number of anilines is 2. The molecule has 3 rings (SSSR count). The van der Waals surface area contributed by atoms with E-state index in [1.54, 1.807) is 11.3 Å². The van der Waals surface area contributed by atoms with Gasteiger partial charge in [0, 0.05) is 18.0 Å². The van der Waals surface area contributed by atoms with Crippen LogP contribution in [-0.2, 0) is 6.42 Å². The summed E-state index contributed by atoms with van der Waals surface area (Å²) >= 11 is 1.68. The van der Waals surface area contributed by atoms with Crippen molar-refractivity contribution < 1.29 is 5.11 Å². The molecule has 1 aliphatic heterocycles. The van der Waals surface area contributed by atoms with Crippen LogP contribution in [0.5, 0.6) is 0 Å². The molecule has 3 heterocycles. The van der Waals surface area contributed by atoms with Gasteiger partial charge in [0.1, 0.15) is 10.6 Å². The van der Waals surface area contributed by atoms with Crippen LogP contribution in [-0.4, -0.2) is 34.3 Å². The highest BCUT2D eigenvalue weighted by molar-refractivity contribution is 7.18. The minimum atomic E-state index is -0.181. The molecule has 1 saturated heterocycles. The van der Waals surface area contributed by atoms with Gasteiger partial charge in [-0.3, -0.25) is 0 Å². The normalized spacial score (nSPS) is 17.3. The van der Waals surface area contributed by atoms with Gasteiger partial charge < -0.3 is 15.7 Å². The number of piperidine rings is 1.